The lowest BCUT2D eigenvalue weighted by Crippen LogP contribution is -2.41. The van der Waals surface area contributed by atoms with Gasteiger partial charge in [0.25, 0.3) is 0 Å². The molecule has 0 spiro atoms. The Morgan fingerprint density at radius 1 is 0.720 bits per heavy atom. The van der Waals surface area contributed by atoms with E-state index in [1.165, 1.54) is 11.1 Å². The molecule has 0 unspecified atom stereocenters. The monoisotopic (exact) mass is 701 g/mol. The molecule has 2 amide bonds. The van der Waals surface area contributed by atoms with Crippen LogP contribution in [0.15, 0.2) is 90.2 Å². The topological polar surface area (TPSA) is 116 Å². The fourth-order valence-electron chi connectivity index (χ4n) is 4.89. The summed E-state index contributed by atoms with van der Waals surface area (Å²) in [5.41, 5.74) is 2.84. The molecule has 4 heterocycles. The number of fused-ring (bicyclic) bond motifs is 2. The molecule has 11 nitrogen and oxygen atoms in total. The van der Waals surface area contributed by atoms with Crippen LogP contribution in [0.25, 0.3) is 0 Å². The SMILES string of the molecule is C.CC(C)(C)OC(=O)N1CCOc2cnc(Cl)cc21.CC(C)(C)OC(=O)N1CCOc2cnc(N=C(c3ccccc3)c3ccccc3)cc21. The Balaban J connectivity index is 0.000000253. The van der Waals surface area contributed by atoms with Crippen LogP contribution >= 0.6 is 11.6 Å². The first kappa shape index (κ1) is 37.7. The number of aliphatic imine (C=N–C) groups is 1. The van der Waals surface area contributed by atoms with Gasteiger partial charge < -0.3 is 18.9 Å². The lowest BCUT2D eigenvalue weighted by Gasteiger charge is -2.31. The van der Waals surface area contributed by atoms with Crippen LogP contribution in [-0.2, 0) is 9.47 Å². The van der Waals surface area contributed by atoms with Crippen molar-refractivity contribution in [3.05, 3.63) is 101 Å². The maximum Gasteiger partial charge on any atom is 0.415 e. The Morgan fingerprint density at radius 2 is 1.16 bits per heavy atom. The number of pyridine rings is 2. The number of hydrogen-bond acceptors (Lipinski definition) is 9. The molecular weight excluding hydrogens is 658 g/mol. The third kappa shape index (κ3) is 9.94. The molecule has 50 heavy (non-hydrogen) atoms. The molecule has 0 aliphatic carbocycles. The molecule has 0 saturated heterocycles. The summed E-state index contributed by atoms with van der Waals surface area (Å²) in [6.07, 6.45) is 2.30. The average molecular weight is 702 g/mol. The van der Waals surface area contributed by atoms with Crippen LogP contribution in [0.3, 0.4) is 0 Å². The third-order valence-electron chi connectivity index (χ3n) is 6.92. The number of ether oxygens (including phenoxy) is 4. The highest BCUT2D eigenvalue weighted by atomic mass is 35.5. The van der Waals surface area contributed by atoms with Crippen LogP contribution in [0.4, 0.5) is 26.8 Å². The summed E-state index contributed by atoms with van der Waals surface area (Å²) in [6, 6.07) is 23.3. The minimum absolute atomic E-state index is 0. The molecule has 0 atom stereocenters. The van der Waals surface area contributed by atoms with E-state index >= 15 is 0 Å². The first-order chi connectivity index (χ1) is 23.3. The second-order valence-electron chi connectivity index (χ2n) is 13.1. The van der Waals surface area contributed by atoms with E-state index in [4.69, 9.17) is 35.5 Å². The van der Waals surface area contributed by atoms with Crippen LogP contribution < -0.4 is 19.3 Å². The van der Waals surface area contributed by atoms with Crippen LogP contribution in [0, 0.1) is 0 Å². The number of halogens is 1. The maximum atomic E-state index is 12.7. The van der Waals surface area contributed by atoms with Crippen molar-refractivity contribution in [2.45, 2.75) is 60.2 Å². The molecular formula is C38H44ClN5O6. The molecule has 0 saturated carbocycles. The van der Waals surface area contributed by atoms with Gasteiger partial charge in [-0.25, -0.2) is 24.5 Å². The van der Waals surface area contributed by atoms with Crippen molar-refractivity contribution in [2.75, 3.05) is 36.1 Å². The fraction of sp³-hybridized carbons (Fsp3) is 0.342. The van der Waals surface area contributed by atoms with Crippen molar-refractivity contribution >= 4 is 46.7 Å². The van der Waals surface area contributed by atoms with Crippen molar-refractivity contribution in [1.82, 2.24) is 9.97 Å². The maximum absolute atomic E-state index is 12.7. The van der Waals surface area contributed by atoms with Gasteiger partial charge in [0.2, 0.25) is 0 Å². The zero-order valence-corrected chi connectivity index (χ0v) is 29.2. The van der Waals surface area contributed by atoms with E-state index in [9.17, 15) is 9.59 Å². The molecule has 2 aliphatic heterocycles. The van der Waals surface area contributed by atoms with Gasteiger partial charge in [0.15, 0.2) is 17.3 Å². The summed E-state index contributed by atoms with van der Waals surface area (Å²) in [7, 11) is 0. The number of hydrogen-bond donors (Lipinski definition) is 0. The minimum atomic E-state index is -0.586. The lowest BCUT2D eigenvalue weighted by atomic mass is 10.0. The molecule has 0 radical (unpaired) electrons. The number of aromatic nitrogens is 2. The van der Waals surface area contributed by atoms with E-state index in [-0.39, 0.29) is 7.43 Å². The number of carbonyl (C=O) groups is 2. The summed E-state index contributed by atoms with van der Waals surface area (Å²) in [5, 5.41) is 0.313. The second kappa shape index (κ2) is 16.0. The van der Waals surface area contributed by atoms with Gasteiger partial charge in [-0.2, -0.15) is 0 Å². The molecule has 2 aromatic carbocycles. The predicted molar refractivity (Wildman–Crippen MR) is 197 cm³/mol. The summed E-state index contributed by atoms with van der Waals surface area (Å²) in [4.78, 5) is 41.1. The molecule has 0 fully saturated rings. The molecule has 6 rings (SSSR count). The Kier molecular flexibility index (Phi) is 12.1. The van der Waals surface area contributed by atoms with Gasteiger partial charge in [0, 0.05) is 23.3 Å². The van der Waals surface area contributed by atoms with E-state index in [0.717, 1.165) is 16.8 Å². The molecule has 264 valence electrons. The van der Waals surface area contributed by atoms with E-state index < -0.39 is 23.4 Å². The first-order valence-corrected chi connectivity index (χ1v) is 16.3. The van der Waals surface area contributed by atoms with Gasteiger partial charge in [-0.05, 0) is 41.5 Å². The van der Waals surface area contributed by atoms with Crippen molar-refractivity contribution in [3.63, 3.8) is 0 Å². The van der Waals surface area contributed by atoms with Crippen molar-refractivity contribution in [2.24, 2.45) is 4.99 Å². The van der Waals surface area contributed by atoms with Gasteiger partial charge in [-0.1, -0.05) is 79.7 Å². The van der Waals surface area contributed by atoms with Gasteiger partial charge in [-0.15, -0.1) is 0 Å². The number of anilines is 2. The molecule has 0 bridgehead atoms. The zero-order valence-electron chi connectivity index (χ0n) is 28.5. The summed E-state index contributed by atoms with van der Waals surface area (Å²) in [5.74, 6) is 1.56. The Bertz CT molecular complexity index is 1760. The smallest absolute Gasteiger partial charge is 0.415 e. The largest absolute Gasteiger partial charge is 0.488 e. The highest BCUT2D eigenvalue weighted by Crippen LogP contribution is 2.35. The average Bonchev–Trinajstić information content (AvgIpc) is 3.06. The standard InChI is InChI=1S/C25H25N3O3.C12H15ClN2O3.CH4/c1-25(2,3)31-24(29)28-14-15-30-21-17-26-22(16-20(21)28)27-23(18-10-6-4-7-11-18)19-12-8-5-9-13-19;1-12(2,3)18-11(16)15-4-5-17-9-7-14-10(13)6-8(9)15;/h4-13,16-17H,14-15H2,1-3H3;6-7H,4-5H2,1-3H3;1H4. The van der Waals surface area contributed by atoms with Gasteiger partial charge in [-0.3, -0.25) is 9.80 Å². The highest BCUT2D eigenvalue weighted by molar-refractivity contribution is 6.29. The molecule has 0 N–H and O–H groups in total. The number of rotatable bonds is 3. The summed E-state index contributed by atoms with van der Waals surface area (Å²) in [6.45, 7) is 12.7. The Labute approximate surface area is 298 Å². The molecule has 4 aromatic rings. The Hall–Kier alpha value is -5.16. The molecule has 2 aliphatic rings. The van der Waals surface area contributed by atoms with E-state index in [2.05, 4.69) is 9.97 Å². The highest BCUT2D eigenvalue weighted by Gasteiger charge is 2.30. The van der Waals surface area contributed by atoms with Crippen LogP contribution in [0.5, 0.6) is 11.5 Å². The normalized spacial score (nSPS) is 13.4. The van der Waals surface area contributed by atoms with Gasteiger partial charge in [0.1, 0.15) is 29.6 Å². The number of carbonyl (C=O) groups excluding carboxylic acids is 2. The number of benzene rings is 2. The van der Waals surface area contributed by atoms with Crippen molar-refractivity contribution in [3.8, 4) is 11.5 Å². The summed E-state index contributed by atoms with van der Waals surface area (Å²) < 4.78 is 22.0. The second-order valence-corrected chi connectivity index (χ2v) is 13.5. The van der Waals surface area contributed by atoms with Crippen molar-refractivity contribution < 1.29 is 28.5 Å². The number of amides is 2. The van der Waals surface area contributed by atoms with E-state index in [1.54, 1.807) is 23.2 Å². The predicted octanol–water partition coefficient (Wildman–Crippen LogP) is 8.89. The quantitative estimate of drug-likeness (QED) is 0.154. The van der Waals surface area contributed by atoms with E-state index in [1.807, 2.05) is 102 Å². The van der Waals surface area contributed by atoms with Crippen LogP contribution in [-0.4, -0.2) is 65.4 Å². The summed E-state index contributed by atoms with van der Waals surface area (Å²) >= 11 is 5.83. The minimum Gasteiger partial charge on any atom is -0.488 e. The first-order valence-electron chi connectivity index (χ1n) is 15.9. The van der Waals surface area contributed by atoms with Gasteiger partial charge >= 0.3 is 12.2 Å². The third-order valence-corrected chi connectivity index (χ3v) is 7.13. The zero-order chi connectivity index (χ0) is 35.2. The molecule has 12 heteroatoms. The fourth-order valence-corrected chi connectivity index (χ4v) is 5.04. The lowest BCUT2D eigenvalue weighted by molar-refractivity contribution is 0.0557. The van der Waals surface area contributed by atoms with Gasteiger partial charge in [0.05, 0.1) is 42.6 Å². The van der Waals surface area contributed by atoms with Crippen molar-refractivity contribution in [1.29, 1.82) is 0 Å². The van der Waals surface area contributed by atoms with E-state index in [0.29, 0.717) is 60.1 Å². The Morgan fingerprint density at radius 3 is 1.62 bits per heavy atom. The number of nitrogens with zero attached hydrogens (tertiary/aromatic N) is 5. The molecule has 2 aromatic heterocycles. The van der Waals surface area contributed by atoms with Crippen LogP contribution in [0.1, 0.15) is 60.1 Å². The van der Waals surface area contributed by atoms with Crippen LogP contribution in [0.2, 0.25) is 5.15 Å².